The minimum absolute atomic E-state index is 0.104. The van der Waals surface area contributed by atoms with Crippen molar-refractivity contribution in [1.82, 2.24) is 4.90 Å². The predicted octanol–water partition coefficient (Wildman–Crippen LogP) is 5.06. The van der Waals surface area contributed by atoms with Crippen LogP contribution in [0.4, 0.5) is 4.79 Å². The van der Waals surface area contributed by atoms with Crippen molar-refractivity contribution in [3.63, 3.8) is 0 Å². The summed E-state index contributed by atoms with van der Waals surface area (Å²) in [6.45, 7) is 6.13. The highest BCUT2D eigenvalue weighted by atomic mass is 32.1. The first-order valence-corrected chi connectivity index (χ1v) is 10.4. The molecule has 0 fully saturated rings. The monoisotopic (exact) mass is 403 g/mol. The van der Waals surface area contributed by atoms with Gasteiger partial charge in [-0.25, -0.2) is 4.79 Å². The molecule has 1 amide bonds. The van der Waals surface area contributed by atoms with Gasteiger partial charge in [0.15, 0.2) is 0 Å². The Labute approximate surface area is 171 Å². The largest absolute Gasteiger partial charge is 0.497 e. The lowest BCUT2D eigenvalue weighted by molar-refractivity contribution is 0.0124. The fourth-order valence-corrected chi connectivity index (χ4v) is 4.51. The molecule has 3 rings (SSSR count). The van der Waals surface area contributed by atoms with E-state index in [1.807, 2.05) is 43.9 Å². The van der Waals surface area contributed by atoms with Gasteiger partial charge in [0.1, 0.15) is 17.1 Å². The number of benzene rings is 1. The maximum atomic E-state index is 13.1. The highest BCUT2D eigenvalue weighted by Crippen LogP contribution is 2.32. The number of hydrogen-bond donors (Lipinski definition) is 0. The highest BCUT2D eigenvalue weighted by Gasteiger charge is 2.32. The lowest BCUT2D eigenvalue weighted by atomic mass is 9.93. The first kappa shape index (κ1) is 20.5. The highest BCUT2D eigenvalue weighted by molar-refractivity contribution is 7.10. The Morgan fingerprint density at radius 2 is 2.00 bits per heavy atom. The molecule has 152 valence electrons. The Morgan fingerprint density at radius 1 is 1.21 bits per heavy atom. The van der Waals surface area contributed by atoms with Crippen LogP contribution in [-0.4, -0.2) is 36.9 Å². The van der Waals surface area contributed by atoms with Gasteiger partial charge < -0.3 is 19.1 Å². The first-order chi connectivity index (χ1) is 13.3. The van der Waals surface area contributed by atoms with Crippen molar-refractivity contribution >= 4 is 17.4 Å². The van der Waals surface area contributed by atoms with Crippen molar-refractivity contribution in [3.05, 3.63) is 45.6 Å². The van der Waals surface area contributed by atoms with E-state index in [2.05, 4.69) is 11.4 Å². The molecule has 0 aliphatic heterocycles. The van der Waals surface area contributed by atoms with Crippen LogP contribution in [0.2, 0.25) is 0 Å². The van der Waals surface area contributed by atoms with E-state index >= 15 is 0 Å². The van der Waals surface area contributed by atoms with Gasteiger partial charge in [-0.15, -0.1) is 11.3 Å². The Kier molecular flexibility index (Phi) is 6.18. The molecule has 0 radical (unpaired) electrons. The van der Waals surface area contributed by atoms with Crippen molar-refractivity contribution in [3.8, 4) is 11.5 Å². The molecule has 1 heterocycles. The summed E-state index contributed by atoms with van der Waals surface area (Å²) in [5, 5.41) is 2.14. The summed E-state index contributed by atoms with van der Waals surface area (Å²) in [7, 11) is 3.26. The van der Waals surface area contributed by atoms with Crippen LogP contribution in [0.1, 0.15) is 43.2 Å². The topological polar surface area (TPSA) is 48.0 Å². The van der Waals surface area contributed by atoms with Gasteiger partial charge in [-0.1, -0.05) is 0 Å². The summed E-state index contributed by atoms with van der Waals surface area (Å²) in [6, 6.07) is 7.99. The number of carbonyl (C=O) groups excluding carboxylic acids is 1. The summed E-state index contributed by atoms with van der Waals surface area (Å²) < 4.78 is 16.6. The molecule has 2 aromatic rings. The molecule has 0 spiro atoms. The van der Waals surface area contributed by atoms with Gasteiger partial charge >= 0.3 is 6.09 Å². The smallest absolute Gasteiger partial charge is 0.410 e. The van der Waals surface area contributed by atoms with E-state index in [0.29, 0.717) is 12.3 Å². The minimum Gasteiger partial charge on any atom is -0.497 e. The van der Waals surface area contributed by atoms with Crippen LogP contribution in [0.15, 0.2) is 29.6 Å². The molecule has 6 heteroatoms. The second-order valence-corrected chi connectivity index (χ2v) is 9.05. The Balaban J connectivity index is 1.87. The summed E-state index contributed by atoms with van der Waals surface area (Å²) in [6.07, 6.45) is 2.50. The lowest BCUT2D eigenvalue weighted by Crippen LogP contribution is -2.45. The molecule has 1 aliphatic rings. The van der Waals surface area contributed by atoms with Crippen LogP contribution in [0.25, 0.3) is 0 Å². The van der Waals surface area contributed by atoms with Crippen LogP contribution < -0.4 is 9.47 Å². The van der Waals surface area contributed by atoms with Gasteiger partial charge in [0.05, 0.1) is 20.8 Å². The third-order valence-electron chi connectivity index (χ3n) is 4.91. The van der Waals surface area contributed by atoms with E-state index in [9.17, 15) is 4.79 Å². The summed E-state index contributed by atoms with van der Waals surface area (Å²) in [5.74, 6) is 1.44. The molecular weight excluding hydrogens is 374 g/mol. The van der Waals surface area contributed by atoms with Gasteiger partial charge in [-0.05, 0) is 62.8 Å². The average molecular weight is 404 g/mol. The Bertz CT molecular complexity index is 824. The van der Waals surface area contributed by atoms with Crippen LogP contribution in [-0.2, 0) is 24.1 Å². The molecule has 1 aromatic carbocycles. The van der Waals surface area contributed by atoms with Crippen molar-refractivity contribution in [2.45, 2.75) is 58.2 Å². The van der Waals surface area contributed by atoms with E-state index in [4.69, 9.17) is 14.2 Å². The second kappa shape index (κ2) is 8.43. The van der Waals surface area contributed by atoms with Crippen molar-refractivity contribution in [1.29, 1.82) is 0 Å². The number of amides is 1. The maximum absolute atomic E-state index is 13.1. The summed E-state index contributed by atoms with van der Waals surface area (Å²) in [4.78, 5) is 16.3. The first-order valence-electron chi connectivity index (χ1n) is 9.56. The van der Waals surface area contributed by atoms with Gasteiger partial charge in [-0.2, -0.15) is 0 Å². The van der Waals surface area contributed by atoms with E-state index in [1.165, 1.54) is 10.4 Å². The molecule has 1 atom stereocenters. The van der Waals surface area contributed by atoms with E-state index in [0.717, 1.165) is 30.6 Å². The molecule has 1 aromatic heterocycles. The van der Waals surface area contributed by atoms with Crippen LogP contribution >= 0.6 is 11.3 Å². The lowest BCUT2D eigenvalue weighted by Gasteiger charge is -2.36. The number of fused-ring (bicyclic) bond motifs is 1. The molecular formula is C22H29NO4S. The zero-order chi connectivity index (χ0) is 20.3. The Hall–Kier alpha value is -2.21. The van der Waals surface area contributed by atoms with E-state index < -0.39 is 5.60 Å². The number of nitrogens with zero attached hydrogens (tertiary/aromatic N) is 1. The number of hydrogen-bond acceptors (Lipinski definition) is 5. The number of aryl methyl sites for hydroxylation is 1. The zero-order valence-electron chi connectivity index (χ0n) is 17.3. The number of carbonyl (C=O) groups is 1. The maximum Gasteiger partial charge on any atom is 0.410 e. The van der Waals surface area contributed by atoms with E-state index in [-0.39, 0.29) is 12.1 Å². The van der Waals surface area contributed by atoms with Crippen molar-refractivity contribution in [2.24, 2.45) is 0 Å². The molecule has 28 heavy (non-hydrogen) atoms. The van der Waals surface area contributed by atoms with Crippen molar-refractivity contribution < 1.29 is 19.0 Å². The molecule has 1 unspecified atom stereocenters. The van der Waals surface area contributed by atoms with Gasteiger partial charge in [0, 0.05) is 29.0 Å². The third-order valence-corrected chi connectivity index (χ3v) is 5.89. The molecule has 0 bridgehead atoms. The SMILES string of the molecule is COc1ccc(CN(C(=O)OC(C)(C)C)C2CCc3ccsc3C2)c(OC)c1. The molecule has 0 saturated heterocycles. The Morgan fingerprint density at radius 3 is 2.68 bits per heavy atom. The molecule has 5 nitrogen and oxygen atoms in total. The van der Waals surface area contributed by atoms with Crippen molar-refractivity contribution in [2.75, 3.05) is 14.2 Å². The van der Waals surface area contributed by atoms with Crippen LogP contribution in [0.3, 0.4) is 0 Å². The average Bonchev–Trinajstić information content (AvgIpc) is 3.12. The fraction of sp³-hybridized carbons (Fsp3) is 0.500. The van der Waals surface area contributed by atoms with Crippen LogP contribution in [0, 0.1) is 0 Å². The number of ether oxygens (including phenoxy) is 3. The number of methoxy groups -OCH3 is 2. The molecule has 0 saturated carbocycles. The number of thiophene rings is 1. The third kappa shape index (κ3) is 4.79. The number of rotatable bonds is 5. The molecule has 0 N–H and O–H groups in total. The fourth-order valence-electron chi connectivity index (χ4n) is 3.50. The van der Waals surface area contributed by atoms with Gasteiger partial charge in [0.25, 0.3) is 0 Å². The summed E-state index contributed by atoms with van der Waals surface area (Å²) in [5.41, 5.74) is 1.81. The normalized spacial score (nSPS) is 16.2. The van der Waals surface area contributed by atoms with E-state index in [1.54, 1.807) is 25.6 Å². The second-order valence-electron chi connectivity index (χ2n) is 8.05. The standard InChI is InChI=1S/C22H29NO4S/c1-22(2,3)27-21(24)23(17-8-6-15-10-11-28-20(15)12-17)14-16-7-9-18(25-4)13-19(16)26-5/h7,9-11,13,17H,6,8,12,14H2,1-5H3. The summed E-state index contributed by atoms with van der Waals surface area (Å²) >= 11 is 1.77. The van der Waals surface area contributed by atoms with Gasteiger partial charge in [-0.3, -0.25) is 0 Å². The zero-order valence-corrected chi connectivity index (χ0v) is 18.1. The predicted molar refractivity (Wildman–Crippen MR) is 111 cm³/mol. The minimum atomic E-state index is -0.540. The van der Waals surface area contributed by atoms with Crippen LogP contribution in [0.5, 0.6) is 11.5 Å². The quantitative estimate of drug-likeness (QED) is 0.700. The van der Waals surface area contributed by atoms with Gasteiger partial charge in [0.2, 0.25) is 0 Å². The molecule has 1 aliphatic carbocycles.